The molecule has 1 fully saturated rings. The number of halogens is 1. The first kappa shape index (κ1) is 26.4. The highest BCUT2D eigenvalue weighted by atomic mass is 28.4. The number of carbonyl (C=O) groups excluding carboxylic acids is 1. The molecule has 1 aliphatic rings. The molecule has 4 heterocycles. The van der Waals surface area contributed by atoms with Crippen LogP contribution in [0.15, 0.2) is 36.9 Å². The molecular formula is C28H35FN6O2Si. The minimum Gasteiger partial charge on any atom is -0.408 e. The minimum atomic E-state index is -1.96. The molecule has 5 rings (SSSR count). The van der Waals surface area contributed by atoms with Crippen molar-refractivity contribution in [1.82, 2.24) is 24.6 Å². The van der Waals surface area contributed by atoms with E-state index in [9.17, 15) is 9.18 Å². The van der Waals surface area contributed by atoms with Crippen molar-refractivity contribution < 1.29 is 13.6 Å². The van der Waals surface area contributed by atoms with Crippen molar-refractivity contribution in [1.29, 1.82) is 0 Å². The van der Waals surface area contributed by atoms with Crippen LogP contribution in [0.3, 0.4) is 0 Å². The van der Waals surface area contributed by atoms with Crippen molar-refractivity contribution in [3.05, 3.63) is 48.2 Å². The highest BCUT2D eigenvalue weighted by molar-refractivity contribution is 6.74. The highest BCUT2D eigenvalue weighted by Crippen LogP contribution is 2.41. The van der Waals surface area contributed by atoms with Crippen molar-refractivity contribution in [2.24, 2.45) is 5.92 Å². The zero-order valence-electron chi connectivity index (χ0n) is 23.0. The van der Waals surface area contributed by atoms with E-state index in [0.29, 0.717) is 11.5 Å². The van der Waals surface area contributed by atoms with E-state index in [1.807, 2.05) is 12.3 Å². The number of aryl methyl sites for hydroxylation is 1. The fourth-order valence-electron chi connectivity index (χ4n) is 4.41. The number of pyridine rings is 3. The summed E-state index contributed by atoms with van der Waals surface area (Å²) in [6.45, 7) is 15.5. The Labute approximate surface area is 223 Å². The number of nitrogens with one attached hydrogen (secondary N) is 1. The maximum absolute atomic E-state index is 13.3. The van der Waals surface area contributed by atoms with Gasteiger partial charge >= 0.3 is 0 Å². The number of hydrogen-bond donors (Lipinski definition) is 1. The van der Waals surface area contributed by atoms with Crippen LogP contribution in [0, 0.1) is 12.8 Å². The number of anilines is 1. The Hall–Kier alpha value is -3.24. The van der Waals surface area contributed by atoms with E-state index in [2.05, 4.69) is 74.2 Å². The number of fused-ring (bicyclic) bond motifs is 3. The van der Waals surface area contributed by atoms with Gasteiger partial charge in [0.25, 0.3) is 0 Å². The molecule has 0 spiro atoms. The molecule has 10 heteroatoms. The van der Waals surface area contributed by atoms with E-state index in [4.69, 9.17) is 9.41 Å². The largest absolute Gasteiger partial charge is 0.408 e. The standard InChI is InChI=1S/C28H35FN6O2Si/c1-8-24(37-38(6,7)28(3,4)5)22-9-16(2)20(14-30-22)18-10-17-13-31-25(34-27(36)19-11-21(19)29)12-23(17)35-26(18)32-15-33-35/h9-10,12-15,19,21,24H,8,11H2,1-7H3,(H,31,34,36)/t19-,21+,24-/m0/s1. The lowest BCUT2D eigenvalue weighted by molar-refractivity contribution is -0.117. The van der Waals surface area contributed by atoms with Gasteiger partial charge in [-0.1, -0.05) is 27.7 Å². The molecule has 4 aromatic rings. The summed E-state index contributed by atoms with van der Waals surface area (Å²) in [5.41, 5.74) is 5.27. The molecule has 1 N–H and O–H groups in total. The molecule has 0 aliphatic heterocycles. The maximum atomic E-state index is 13.3. The van der Waals surface area contributed by atoms with Gasteiger partial charge in [0.2, 0.25) is 5.91 Å². The van der Waals surface area contributed by atoms with E-state index >= 15 is 0 Å². The van der Waals surface area contributed by atoms with Crippen LogP contribution in [-0.4, -0.2) is 45.0 Å². The van der Waals surface area contributed by atoms with Gasteiger partial charge in [-0.25, -0.2) is 18.9 Å². The SMILES string of the molecule is CC[C@H](O[Si](C)(C)C(C)(C)C)c1cc(C)c(-c2cc3cnc(NC(=O)[C@H]4C[C@H]4F)cc3n3ncnc23)cn1. The second-order valence-electron chi connectivity index (χ2n) is 11.7. The lowest BCUT2D eigenvalue weighted by Crippen LogP contribution is -2.41. The van der Waals surface area contributed by atoms with Crippen LogP contribution in [0.5, 0.6) is 0 Å². The van der Waals surface area contributed by atoms with Gasteiger partial charge < -0.3 is 9.74 Å². The van der Waals surface area contributed by atoms with Crippen LogP contribution in [0.1, 0.15) is 57.9 Å². The molecule has 0 aromatic carbocycles. The Balaban J connectivity index is 1.49. The molecule has 0 unspecified atom stereocenters. The Kier molecular flexibility index (Phi) is 6.59. The van der Waals surface area contributed by atoms with Crippen molar-refractivity contribution in [2.45, 2.75) is 77.9 Å². The summed E-state index contributed by atoms with van der Waals surface area (Å²) >= 11 is 0. The lowest BCUT2D eigenvalue weighted by atomic mass is 10.0. The van der Waals surface area contributed by atoms with E-state index in [1.165, 1.54) is 6.33 Å². The fourth-order valence-corrected chi connectivity index (χ4v) is 5.77. The van der Waals surface area contributed by atoms with Crippen LogP contribution in [0.2, 0.25) is 18.1 Å². The number of aromatic nitrogens is 5. The van der Waals surface area contributed by atoms with Crippen LogP contribution in [0.4, 0.5) is 10.2 Å². The summed E-state index contributed by atoms with van der Waals surface area (Å²) in [5, 5.41) is 8.10. The maximum Gasteiger partial charge on any atom is 0.231 e. The normalized spacial score (nSPS) is 18.6. The number of hydrogen-bond acceptors (Lipinski definition) is 6. The molecule has 3 atom stereocenters. The third-order valence-corrected chi connectivity index (χ3v) is 12.4. The molecule has 4 aromatic heterocycles. The third-order valence-electron chi connectivity index (χ3n) is 7.90. The number of rotatable bonds is 7. The monoisotopic (exact) mass is 534 g/mol. The van der Waals surface area contributed by atoms with Crippen LogP contribution in [-0.2, 0) is 9.22 Å². The van der Waals surface area contributed by atoms with Gasteiger partial charge in [-0.3, -0.25) is 9.78 Å². The Bertz CT molecular complexity index is 1530. The molecule has 1 aliphatic carbocycles. The van der Waals surface area contributed by atoms with Crippen molar-refractivity contribution in [2.75, 3.05) is 5.32 Å². The van der Waals surface area contributed by atoms with E-state index in [1.54, 1.807) is 16.8 Å². The van der Waals surface area contributed by atoms with Gasteiger partial charge in [-0.15, -0.1) is 0 Å². The zero-order valence-corrected chi connectivity index (χ0v) is 24.0. The predicted octanol–water partition coefficient (Wildman–Crippen LogP) is 6.42. The first-order valence-corrected chi connectivity index (χ1v) is 16.0. The summed E-state index contributed by atoms with van der Waals surface area (Å²) in [6, 6.07) is 5.87. The number of nitrogens with zero attached hydrogens (tertiary/aromatic N) is 5. The van der Waals surface area contributed by atoms with Gasteiger partial charge in [0.15, 0.2) is 14.0 Å². The summed E-state index contributed by atoms with van der Waals surface area (Å²) < 4.78 is 21.7. The minimum absolute atomic E-state index is 0.0606. The molecular weight excluding hydrogens is 499 g/mol. The van der Waals surface area contributed by atoms with Crippen LogP contribution in [0.25, 0.3) is 27.7 Å². The van der Waals surface area contributed by atoms with E-state index in [0.717, 1.165) is 39.7 Å². The van der Waals surface area contributed by atoms with E-state index < -0.39 is 20.4 Å². The van der Waals surface area contributed by atoms with Gasteiger partial charge in [-0.05, 0) is 55.6 Å². The van der Waals surface area contributed by atoms with Gasteiger partial charge in [0.1, 0.15) is 18.3 Å². The van der Waals surface area contributed by atoms with Crippen LogP contribution >= 0.6 is 0 Å². The average Bonchev–Trinajstić information content (AvgIpc) is 3.38. The number of alkyl halides is 1. The zero-order chi connectivity index (χ0) is 27.4. The summed E-state index contributed by atoms with van der Waals surface area (Å²) in [6.07, 6.45) is 5.08. The molecule has 0 bridgehead atoms. The predicted molar refractivity (Wildman–Crippen MR) is 149 cm³/mol. The molecule has 1 saturated carbocycles. The smallest absolute Gasteiger partial charge is 0.231 e. The summed E-state index contributed by atoms with van der Waals surface area (Å²) in [5.74, 6) is -0.569. The molecule has 0 radical (unpaired) electrons. The van der Waals surface area contributed by atoms with Crippen molar-refractivity contribution in [3.63, 3.8) is 0 Å². The Morgan fingerprint density at radius 2 is 1.92 bits per heavy atom. The molecule has 38 heavy (non-hydrogen) atoms. The van der Waals surface area contributed by atoms with Gasteiger partial charge in [-0.2, -0.15) is 5.10 Å². The topological polar surface area (TPSA) is 94.3 Å². The first-order chi connectivity index (χ1) is 17.9. The second kappa shape index (κ2) is 9.50. The Morgan fingerprint density at radius 1 is 1.18 bits per heavy atom. The average molecular weight is 535 g/mol. The van der Waals surface area contributed by atoms with Gasteiger partial charge in [0, 0.05) is 35.0 Å². The third kappa shape index (κ3) is 4.82. The molecule has 0 saturated heterocycles. The number of carbonyl (C=O) groups is 1. The summed E-state index contributed by atoms with van der Waals surface area (Å²) in [7, 11) is -1.96. The highest BCUT2D eigenvalue weighted by Gasteiger charge is 2.43. The van der Waals surface area contributed by atoms with Crippen molar-refractivity contribution in [3.8, 4) is 11.1 Å². The molecule has 1 amide bonds. The number of amides is 1. The van der Waals surface area contributed by atoms with Crippen molar-refractivity contribution >= 4 is 36.6 Å². The first-order valence-electron chi connectivity index (χ1n) is 13.1. The Morgan fingerprint density at radius 3 is 2.55 bits per heavy atom. The molecule has 8 nitrogen and oxygen atoms in total. The second-order valence-corrected chi connectivity index (χ2v) is 16.5. The fraction of sp³-hybridized carbons (Fsp3) is 0.464. The quantitative estimate of drug-likeness (QED) is 0.275. The van der Waals surface area contributed by atoms with E-state index in [-0.39, 0.29) is 23.5 Å². The van der Waals surface area contributed by atoms with Crippen LogP contribution < -0.4 is 5.32 Å². The van der Waals surface area contributed by atoms with Gasteiger partial charge in [0.05, 0.1) is 23.2 Å². The molecule has 200 valence electrons. The lowest BCUT2D eigenvalue weighted by Gasteiger charge is -2.39. The summed E-state index contributed by atoms with van der Waals surface area (Å²) in [4.78, 5) is 26.0.